The van der Waals surface area contributed by atoms with E-state index in [1.54, 1.807) is 0 Å². The van der Waals surface area contributed by atoms with E-state index in [0.29, 0.717) is 0 Å². The minimum Gasteiger partial charge on any atom is -0.335 e. The highest BCUT2D eigenvalue weighted by Gasteiger charge is 2.27. The molecule has 0 aliphatic carbocycles. The Hall–Kier alpha value is -3.32. The molecule has 0 bridgehead atoms. The van der Waals surface area contributed by atoms with Gasteiger partial charge < -0.3 is 4.90 Å². The number of hydrogen-bond donors (Lipinski definition) is 0. The van der Waals surface area contributed by atoms with E-state index in [9.17, 15) is 0 Å². The van der Waals surface area contributed by atoms with Crippen molar-refractivity contribution >= 4 is 11.4 Å². The van der Waals surface area contributed by atoms with Crippen LogP contribution in [0.1, 0.15) is 20.8 Å². The van der Waals surface area contributed by atoms with Crippen molar-refractivity contribution in [2.24, 2.45) is 0 Å². The predicted octanol–water partition coefficient (Wildman–Crippen LogP) is 7.96. The summed E-state index contributed by atoms with van der Waals surface area (Å²) in [5.74, 6) is 0. The van der Waals surface area contributed by atoms with Crippen LogP contribution in [0.25, 0.3) is 22.3 Å². The first-order valence-corrected chi connectivity index (χ1v) is 10.1. The van der Waals surface area contributed by atoms with E-state index >= 15 is 0 Å². The van der Waals surface area contributed by atoms with Crippen LogP contribution in [-0.2, 0) is 0 Å². The molecule has 4 rings (SSSR count). The van der Waals surface area contributed by atoms with Gasteiger partial charge in [0.05, 0.1) is 0 Å². The van der Waals surface area contributed by atoms with Crippen LogP contribution >= 0.6 is 0 Å². The predicted molar refractivity (Wildman–Crippen MR) is 126 cm³/mol. The van der Waals surface area contributed by atoms with Crippen LogP contribution in [0.5, 0.6) is 0 Å². The third kappa shape index (κ3) is 3.95. The lowest BCUT2D eigenvalue weighted by molar-refractivity contribution is 0.561. The van der Waals surface area contributed by atoms with Crippen LogP contribution in [0.4, 0.5) is 11.4 Å². The lowest BCUT2D eigenvalue weighted by Crippen LogP contribution is -2.38. The molecule has 0 N–H and O–H groups in total. The molecule has 1 nitrogen and oxygen atoms in total. The summed E-state index contributed by atoms with van der Waals surface area (Å²) in [6, 6.07) is 38.7. The van der Waals surface area contributed by atoms with Crippen molar-refractivity contribution in [2.45, 2.75) is 26.3 Å². The van der Waals surface area contributed by atoms with Crippen LogP contribution in [0.3, 0.4) is 0 Å². The van der Waals surface area contributed by atoms with Crippen LogP contribution < -0.4 is 4.90 Å². The number of nitrogens with zero attached hydrogens (tertiary/aromatic N) is 1. The molecular formula is C28H27N. The smallest absolute Gasteiger partial charge is 0.0495 e. The summed E-state index contributed by atoms with van der Waals surface area (Å²) in [6.07, 6.45) is 0. The summed E-state index contributed by atoms with van der Waals surface area (Å²) in [6.45, 7) is 6.82. The van der Waals surface area contributed by atoms with Gasteiger partial charge in [0.15, 0.2) is 0 Å². The van der Waals surface area contributed by atoms with Gasteiger partial charge >= 0.3 is 0 Å². The first-order chi connectivity index (χ1) is 14.1. The molecule has 0 unspecified atom stereocenters. The Balaban J connectivity index is 1.95. The van der Waals surface area contributed by atoms with Crippen molar-refractivity contribution in [3.8, 4) is 22.3 Å². The van der Waals surface area contributed by atoms with Gasteiger partial charge in [0.1, 0.15) is 0 Å². The van der Waals surface area contributed by atoms with Crippen molar-refractivity contribution in [1.82, 2.24) is 0 Å². The lowest BCUT2D eigenvalue weighted by Gasteiger charge is -2.40. The zero-order chi connectivity index (χ0) is 20.3. The molecule has 29 heavy (non-hydrogen) atoms. The molecule has 0 saturated heterocycles. The first-order valence-electron chi connectivity index (χ1n) is 10.1. The topological polar surface area (TPSA) is 3.24 Å². The monoisotopic (exact) mass is 377 g/mol. The second-order valence-electron chi connectivity index (χ2n) is 8.27. The Kier molecular flexibility index (Phi) is 5.22. The zero-order valence-corrected chi connectivity index (χ0v) is 17.3. The molecule has 0 aromatic heterocycles. The van der Waals surface area contributed by atoms with E-state index in [2.05, 4.69) is 135 Å². The Bertz CT molecular complexity index is 993. The Morgan fingerprint density at radius 1 is 0.448 bits per heavy atom. The molecule has 0 saturated carbocycles. The number of rotatable bonds is 4. The lowest BCUT2D eigenvalue weighted by atomic mass is 9.95. The number of para-hydroxylation sites is 2. The molecule has 0 heterocycles. The van der Waals surface area contributed by atoms with Crippen LogP contribution in [-0.4, -0.2) is 5.54 Å². The SMILES string of the molecule is CC(C)(C)N(c1ccccc1-c1ccccc1)c1ccccc1-c1ccccc1. The fourth-order valence-electron chi connectivity index (χ4n) is 3.91. The van der Waals surface area contributed by atoms with Gasteiger partial charge in [-0.05, 0) is 44.0 Å². The van der Waals surface area contributed by atoms with Crippen molar-refractivity contribution in [3.63, 3.8) is 0 Å². The summed E-state index contributed by atoms with van der Waals surface area (Å²) in [5.41, 5.74) is 7.28. The summed E-state index contributed by atoms with van der Waals surface area (Å²) in [4.78, 5) is 2.47. The van der Waals surface area contributed by atoms with Crippen LogP contribution in [0.15, 0.2) is 109 Å². The summed E-state index contributed by atoms with van der Waals surface area (Å²) in [7, 11) is 0. The van der Waals surface area contributed by atoms with Crippen molar-refractivity contribution in [2.75, 3.05) is 4.90 Å². The number of benzene rings is 4. The van der Waals surface area contributed by atoms with E-state index in [0.717, 1.165) is 0 Å². The van der Waals surface area contributed by atoms with Gasteiger partial charge in [-0.15, -0.1) is 0 Å². The quantitative estimate of drug-likeness (QED) is 0.349. The molecule has 1 heteroatoms. The molecule has 0 aliphatic heterocycles. The second-order valence-corrected chi connectivity index (χ2v) is 8.27. The standard InChI is InChI=1S/C28H27N/c1-28(2,3)29(26-20-12-10-18-24(26)22-14-6-4-7-15-22)27-21-13-11-19-25(27)23-16-8-5-9-17-23/h4-21H,1-3H3. The van der Waals surface area contributed by atoms with Crippen molar-refractivity contribution in [1.29, 1.82) is 0 Å². The van der Waals surface area contributed by atoms with E-state index in [4.69, 9.17) is 0 Å². The Labute approximate surface area is 174 Å². The maximum Gasteiger partial charge on any atom is 0.0495 e. The normalized spacial score (nSPS) is 11.3. The summed E-state index contributed by atoms with van der Waals surface area (Å²) >= 11 is 0. The van der Waals surface area contributed by atoms with E-state index < -0.39 is 0 Å². The van der Waals surface area contributed by atoms with Gasteiger partial charge in [-0.1, -0.05) is 97.1 Å². The molecule has 4 aromatic rings. The molecule has 0 atom stereocenters. The average molecular weight is 378 g/mol. The van der Waals surface area contributed by atoms with E-state index in [1.165, 1.54) is 33.6 Å². The molecule has 0 spiro atoms. The van der Waals surface area contributed by atoms with Gasteiger partial charge in [-0.2, -0.15) is 0 Å². The van der Waals surface area contributed by atoms with Crippen molar-refractivity contribution in [3.05, 3.63) is 109 Å². The van der Waals surface area contributed by atoms with Crippen LogP contribution in [0.2, 0.25) is 0 Å². The minimum atomic E-state index is -0.101. The fraction of sp³-hybridized carbons (Fsp3) is 0.143. The van der Waals surface area contributed by atoms with Gasteiger partial charge in [0.25, 0.3) is 0 Å². The minimum absolute atomic E-state index is 0.101. The highest BCUT2D eigenvalue weighted by atomic mass is 15.2. The molecule has 0 radical (unpaired) electrons. The van der Waals surface area contributed by atoms with Gasteiger partial charge in [-0.3, -0.25) is 0 Å². The Morgan fingerprint density at radius 3 is 1.17 bits per heavy atom. The number of anilines is 2. The van der Waals surface area contributed by atoms with E-state index in [-0.39, 0.29) is 5.54 Å². The van der Waals surface area contributed by atoms with Crippen LogP contribution in [0, 0.1) is 0 Å². The fourth-order valence-corrected chi connectivity index (χ4v) is 3.91. The largest absolute Gasteiger partial charge is 0.335 e. The zero-order valence-electron chi connectivity index (χ0n) is 17.3. The van der Waals surface area contributed by atoms with Gasteiger partial charge in [0.2, 0.25) is 0 Å². The van der Waals surface area contributed by atoms with E-state index in [1.807, 2.05) is 0 Å². The maximum atomic E-state index is 2.47. The third-order valence-corrected chi connectivity index (χ3v) is 5.13. The Morgan fingerprint density at radius 2 is 0.793 bits per heavy atom. The molecule has 0 amide bonds. The highest BCUT2D eigenvalue weighted by molar-refractivity contribution is 5.89. The van der Waals surface area contributed by atoms with Crippen molar-refractivity contribution < 1.29 is 0 Å². The maximum absolute atomic E-state index is 2.47. The molecule has 144 valence electrons. The van der Waals surface area contributed by atoms with Gasteiger partial charge in [-0.25, -0.2) is 0 Å². The first kappa shape index (κ1) is 19.0. The number of hydrogen-bond acceptors (Lipinski definition) is 1. The molecular weight excluding hydrogens is 350 g/mol. The average Bonchev–Trinajstić information content (AvgIpc) is 2.75. The van der Waals surface area contributed by atoms with Gasteiger partial charge in [0, 0.05) is 28.0 Å². The molecule has 0 aliphatic rings. The molecule has 4 aromatic carbocycles. The highest BCUT2D eigenvalue weighted by Crippen LogP contribution is 2.43. The summed E-state index contributed by atoms with van der Waals surface area (Å²) < 4.78 is 0. The molecule has 0 fully saturated rings. The summed E-state index contributed by atoms with van der Waals surface area (Å²) in [5, 5.41) is 0. The third-order valence-electron chi connectivity index (χ3n) is 5.13. The second kappa shape index (κ2) is 7.97.